The van der Waals surface area contributed by atoms with Gasteiger partial charge in [-0.1, -0.05) is 70.8 Å². The number of methoxy groups -OCH3 is 1. The first-order valence-electron chi connectivity index (χ1n) is 8.59. The lowest BCUT2D eigenvalue weighted by atomic mass is 9.93. The molecular formula is C21H27O3P. The molecule has 0 heterocycles. The van der Waals surface area contributed by atoms with E-state index in [1.165, 1.54) is 11.1 Å². The Labute approximate surface area is 152 Å². The van der Waals surface area contributed by atoms with Crippen LogP contribution in [-0.2, 0) is 9.89 Å². The molecule has 25 heavy (non-hydrogen) atoms. The molecule has 2 atom stereocenters. The molecule has 0 aliphatic carbocycles. The van der Waals surface area contributed by atoms with Crippen molar-refractivity contribution in [1.82, 2.24) is 0 Å². The van der Waals surface area contributed by atoms with Crippen molar-refractivity contribution in [3.63, 3.8) is 0 Å². The molecule has 0 aliphatic heterocycles. The minimum atomic E-state index is -0.0943. The van der Waals surface area contributed by atoms with Crippen LogP contribution in [0.25, 0.3) is 0 Å². The summed E-state index contributed by atoms with van der Waals surface area (Å²) in [5, 5.41) is 1.01. The Kier molecular flexibility index (Phi) is 7.16. The minimum Gasteiger partial charge on any atom is -0.467 e. The van der Waals surface area contributed by atoms with E-state index >= 15 is 0 Å². The minimum absolute atomic E-state index is 0.0943. The van der Waals surface area contributed by atoms with E-state index in [1.54, 1.807) is 7.11 Å². The third kappa shape index (κ3) is 4.90. The molecule has 0 aromatic heterocycles. The molecule has 2 aromatic rings. The smallest absolute Gasteiger partial charge is 0.188 e. The van der Waals surface area contributed by atoms with Crippen LogP contribution in [0.5, 0.6) is 5.75 Å². The van der Waals surface area contributed by atoms with Gasteiger partial charge in [-0.3, -0.25) is 4.79 Å². The van der Waals surface area contributed by atoms with Gasteiger partial charge in [-0.15, -0.1) is 0 Å². The molecule has 0 amide bonds. The molecule has 2 rings (SSSR count). The average molecular weight is 358 g/mol. The molecule has 0 fully saturated rings. The van der Waals surface area contributed by atoms with E-state index in [-0.39, 0.29) is 11.9 Å². The first-order valence-corrected chi connectivity index (χ1v) is 9.59. The lowest BCUT2D eigenvalue weighted by molar-refractivity contribution is 0.0500. The number of hydrogen-bond donors (Lipinski definition) is 0. The number of rotatable bonds is 9. The van der Waals surface area contributed by atoms with Gasteiger partial charge in [-0.2, -0.15) is 0 Å². The van der Waals surface area contributed by atoms with Gasteiger partial charge in [0, 0.05) is 23.4 Å². The fourth-order valence-electron chi connectivity index (χ4n) is 3.10. The monoisotopic (exact) mass is 358 g/mol. The fraction of sp³-hybridized carbons (Fsp3) is 0.381. The van der Waals surface area contributed by atoms with Gasteiger partial charge in [-0.05, 0) is 24.7 Å². The number of carbonyl (C=O) groups is 1. The van der Waals surface area contributed by atoms with Crippen molar-refractivity contribution in [1.29, 1.82) is 0 Å². The van der Waals surface area contributed by atoms with Crippen LogP contribution < -0.4 is 10.0 Å². The third-order valence-corrected chi connectivity index (χ3v) is 6.11. The molecular weight excluding hydrogens is 331 g/mol. The first-order chi connectivity index (χ1) is 12.0. The second-order valence-electron chi connectivity index (χ2n) is 6.46. The molecule has 0 saturated heterocycles. The summed E-state index contributed by atoms with van der Waals surface area (Å²) in [6.45, 7) is 6.79. The standard InChI is InChI=1S/C21H27O3P/c1-5-12-21(3,25-20-9-7-6-8-17(20)14-22)18-13-16(2)10-11-19(18)24-15-23-4/h6-11,13-14,25H,5,12,15H2,1-4H3. The van der Waals surface area contributed by atoms with Crippen molar-refractivity contribution < 1.29 is 14.3 Å². The Hall–Kier alpha value is -1.70. The highest BCUT2D eigenvalue weighted by molar-refractivity contribution is 7.48. The molecule has 134 valence electrons. The lowest BCUT2D eigenvalue weighted by Gasteiger charge is -2.32. The molecule has 0 N–H and O–H groups in total. The summed E-state index contributed by atoms with van der Waals surface area (Å²) in [6.07, 6.45) is 3.03. The zero-order valence-electron chi connectivity index (χ0n) is 15.5. The topological polar surface area (TPSA) is 35.5 Å². The third-order valence-electron chi connectivity index (χ3n) is 4.31. The summed E-state index contributed by atoms with van der Waals surface area (Å²) in [4.78, 5) is 11.4. The number of benzene rings is 2. The summed E-state index contributed by atoms with van der Waals surface area (Å²) in [5.74, 6) is 0.861. The summed E-state index contributed by atoms with van der Waals surface area (Å²) < 4.78 is 10.9. The zero-order valence-corrected chi connectivity index (χ0v) is 16.5. The van der Waals surface area contributed by atoms with Gasteiger partial charge in [0.15, 0.2) is 13.1 Å². The second kappa shape index (κ2) is 9.12. The zero-order chi connectivity index (χ0) is 18.3. The van der Waals surface area contributed by atoms with Crippen molar-refractivity contribution in [3.05, 3.63) is 59.2 Å². The van der Waals surface area contributed by atoms with Crippen LogP contribution in [0.15, 0.2) is 42.5 Å². The van der Waals surface area contributed by atoms with E-state index in [2.05, 4.69) is 39.0 Å². The number of aldehydes is 1. The highest BCUT2D eigenvalue weighted by Gasteiger charge is 2.30. The van der Waals surface area contributed by atoms with Crippen molar-refractivity contribution in [3.8, 4) is 5.75 Å². The van der Waals surface area contributed by atoms with E-state index in [9.17, 15) is 4.79 Å². The van der Waals surface area contributed by atoms with Crippen LogP contribution in [0.3, 0.4) is 0 Å². The predicted octanol–water partition coefficient (Wildman–Crippen LogP) is 4.81. The van der Waals surface area contributed by atoms with Crippen LogP contribution in [0, 0.1) is 6.92 Å². The van der Waals surface area contributed by atoms with Crippen LogP contribution in [0.4, 0.5) is 0 Å². The summed E-state index contributed by atoms with van der Waals surface area (Å²) in [6, 6.07) is 14.1. The highest BCUT2D eigenvalue weighted by Crippen LogP contribution is 2.48. The summed E-state index contributed by atoms with van der Waals surface area (Å²) in [5.41, 5.74) is 3.16. The summed E-state index contributed by atoms with van der Waals surface area (Å²) in [7, 11) is 2.11. The Morgan fingerprint density at radius 3 is 2.64 bits per heavy atom. The van der Waals surface area contributed by atoms with Gasteiger partial charge in [0.1, 0.15) is 5.75 Å². The van der Waals surface area contributed by atoms with E-state index < -0.39 is 0 Å². The van der Waals surface area contributed by atoms with E-state index in [4.69, 9.17) is 9.47 Å². The lowest BCUT2D eigenvalue weighted by Crippen LogP contribution is -2.22. The quantitative estimate of drug-likeness (QED) is 0.367. The van der Waals surface area contributed by atoms with E-state index in [0.717, 1.165) is 35.7 Å². The Morgan fingerprint density at radius 2 is 1.96 bits per heavy atom. The van der Waals surface area contributed by atoms with Gasteiger partial charge in [0.05, 0.1) is 0 Å². The van der Waals surface area contributed by atoms with Crippen LogP contribution in [0.1, 0.15) is 48.2 Å². The molecule has 0 saturated carbocycles. The molecule has 4 heteroatoms. The first kappa shape index (κ1) is 19.6. The Balaban J connectivity index is 2.48. The maximum Gasteiger partial charge on any atom is 0.188 e. The van der Waals surface area contributed by atoms with Gasteiger partial charge >= 0.3 is 0 Å². The van der Waals surface area contributed by atoms with E-state index in [0.29, 0.717) is 8.58 Å². The predicted molar refractivity (Wildman–Crippen MR) is 106 cm³/mol. The molecule has 0 bridgehead atoms. The van der Waals surface area contributed by atoms with Crippen molar-refractivity contribution in [2.24, 2.45) is 0 Å². The Morgan fingerprint density at radius 1 is 1.20 bits per heavy atom. The molecule has 0 radical (unpaired) electrons. The molecule has 0 aliphatic rings. The highest BCUT2D eigenvalue weighted by atomic mass is 31.1. The normalized spacial score (nSPS) is 13.8. The summed E-state index contributed by atoms with van der Waals surface area (Å²) >= 11 is 0. The number of carbonyl (C=O) groups excluding carboxylic acids is 1. The van der Waals surface area contributed by atoms with Crippen molar-refractivity contribution in [2.45, 2.75) is 38.8 Å². The number of ether oxygens (including phenoxy) is 2. The average Bonchev–Trinajstić information content (AvgIpc) is 2.61. The van der Waals surface area contributed by atoms with Crippen LogP contribution in [0.2, 0.25) is 0 Å². The molecule has 2 unspecified atom stereocenters. The van der Waals surface area contributed by atoms with Gasteiger partial charge < -0.3 is 9.47 Å². The second-order valence-corrected chi connectivity index (χ2v) is 8.35. The van der Waals surface area contributed by atoms with Crippen LogP contribution in [-0.4, -0.2) is 20.2 Å². The fourth-order valence-corrected chi connectivity index (χ4v) is 4.86. The molecule has 3 nitrogen and oxygen atoms in total. The van der Waals surface area contributed by atoms with Gasteiger partial charge in [0.2, 0.25) is 0 Å². The van der Waals surface area contributed by atoms with Crippen molar-refractivity contribution in [2.75, 3.05) is 13.9 Å². The SMILES string of the molecule is CCCC(C)(Pc1ccccc1C=O)c1cc(C)ccc1OCOC. The van der Waals surface area contributed by atoms with Gasteiger partial charge in [0.25, 0.3) is 0 Å². The molecule has 0 spiro atoms. The molecule has 2 aromatic carbocycles. The maximum atomic E-state index is 11.4. The Bertz CT molecular complexity index is 714. The van der Waals surface area contributed by atoms with E-state index in [1.807, 2.05) is 24.3 Å². The van der Waals surface area contributed by atoms with Gasteiger partial charge in [-0.25, -0.2) is 0 Å². The number of aryl methyl sites for hydroxylation is 1. The number of hydrogen-bond acceptors (Lipinski definition) is 3. The van der Waals surface area contributed by atoms with Crippen LogP contribution >= 0.6 is 8.58 Å². The van der Waals surface area contributed by atoms with Crippen molar-refractivity contribution >= 4 is 20.2 Å². The maximum absolute atomic E-state index is 11.4. The largest absolute Gasteiger partial charge is 0.467 e.